The lowest BCUT2D eigenvalue weighted by Gasteiger charge is -2.31. The molecule has 4 rings (SSSR count). The topological polar surface area (TPSA) is 60.6 Å². The lowest BCUT2D eigenvalue weighted by atomic mass is 9.97. The van der Waals surface area contributed by atoms with Gasteiger partial charge in [-0.25, -0.2) is 0 Å². The van der Waals surface area contributed by atoms with E-state index in [9.17, 15) is 0 Å². The summed E-state index contributed by atoms with van der Waals surface area (Å²) in [7, 11) is 1.66. The number of benzene rings is 1. The molecule has 1 aliphatic carbocycles. The number of aromatic nitrogens is 2. The molecule has 1 unspecified atom stereocenters. The van der Waals surface area contributed by atoms with Crippen molar-refractivity contribution in [1.29, 1.82) is 0 Å². The zero-order chi connectivity index (χ0) is 17.1. The number of rotatable bonds is 7. The van der Waals surface area contributed by atoms with Gasteiger partial charge in [-0.15, -0.1) is 0 Å². The van der Waals surface area contributed by atoms with Crippen molar-refractivity contribution >= 4 is 0 Å². The smallest absolute Gasteiger partial charge is 0.229 e. The fourth-order valence-electron chi connectivity index (χ4n) is 3.40. The molecule has 1 aromatic carbocycles. The van der Waals surface area contributed by atoms with E-state index in [-0.39, 0.29) is 0 Å². The predicted molar refractivity (Wildman–Crippen MR) is 93.2 cm³/mol. The molecule has 0 amide bonds. The molecule has 1 saturated carbocycles. The van der Waals surface area contributed by atoms with Gasteiger partial charge in [-0.05, 0) is 44.4 Å². The Morgan fingerprint density at radius 1 is 1.16 bits per heavy atom. The molecule has 2 heterocycles. The van der Waals surface area contributed by atoms with Crippen molar-refractivity contribution < 1.29 is 14.0 Å². The maximum absolute atomic E-state index is 5.90. The Balaban J connectivity index is 1.29. The third kappa shape index (κ3) is 3.95. The Morgan fingerprint density at radius 2 is 2.00 bits per heavy atom. The molecule has 2 aliphatic rings. The molecule has 2 aromatic rings. The molecule has 1 atom stereocenters. The van der Waals surface area contributed by atoms with Crippen LogP contribution in [0.1, 0.15) is 49.2 Å². The average molecular weight is 343 g/mol. The Bertz CT molecular complexity index is 699. The van der Waals surface area contributed by atoms with Crippen molar-refractivity contribution in [2.45, 2.75) is 37.5 Å². The van der Waals surface area contributed by atoms with E-state index in [4.69, 9.17) is 14.0 Å². The predicted octanol–water partition coefficient (Wildman–Crippen LogP) is 3.21. The fraction of sp³-hybridized carbons (Fsp3) is 0.579. The highest BCUT2D eigenvalue weighted by molar-refractivity contribution is 5.39. The number of para-hydroxylation sites is 2. The highest BCUT2D eigenvalue weighted by atomic mass is 16.5. The van der Waals surface area contributed by atoms with Crippen LogP contribution < -0.4 is 9.47 Å². The van der Waals surface area contributed by atoms with Crippen molar-refractivity contribution in [2.24, 2.45) is 0 Å². The summed E-state index contributed by atoms with van der Waals surface area (Å²) in [5.41, 5.74) is 0. The van der Waals surface area contributed by atoms with Gasteiger partial charge >= 0.3 is 0 Å². The van der Waals surface area contributed by atoms with E-state index >= 15 is 0 Å². The van der Waals surface area contributed by atoms with Gasteiger partial charge in [-0.2, -0.15) is 4.98 Å². The molecule has 6 heteroatoms. The first-order chi connectivity index (χ1) is 12.3. The summed E-state index contributed by atoms with van der Waals surface area (Å²) in [5.74, 6) is 4.19. The van der Waals surface area contributed by atoms with Crippen LogP contribution in [-0.4, -0.2) is 48.4 Å². The highest BCUT2D eigenvalue weighted by Gasteiger charge is 2.32. The van der Waals surface area contributed by atoms with Crippen LogP contribution in [0.25, 0.3) is 0 Å². The van der Waals surface area contributed by atoms with E-state index < -0.39 is 0 Å². The maximum Gasteiger partial charge on any atom is 0.229 e. The number of nitrogens with zero attached hydrogens (tertiary/aromatic N) is 3. The molecule has 6 nitrogen and oxygen atoms in total. The van der Waals surface area contributed by atoms with Gasteiger partial charge in [-0.3, -0.25) is 4.90 Å². The van der Waals surface area contributed by atoms with Crippen LogP contribution in [0.3, 0.4) is 0 Å². The van der Waals surface area contributed by atoms with Gasteiger partial charge in [-0.1, -0.05) is 17.3 Å². The van der Waals surface area contributed by atoms with Gasteiger partial charge in [0.05, 0.1) is 7.11 Å². The van der Waals surface area contributed by atoms with Gasteiger partial charge in [0.25, 0.3) is 0 Å². The van der Waals surface area contributed by atoms with Gasteiger partial charge in [0, 0.05) is 24.9 Å². The molecule has 25 heavy (non-hydrogen) atoms. The van der Waals surface area contributed by atoms with E-state index in [1.54, 1.807) is 7.11 Å². The standard InChI is InChI=1S/C19H25N3O3/c1-23-16-6-2-3-7-17(16)24-12-11-22-10-4-5-15(13-22)18-20-19(25-21-18)14-8-9-14/h2-3,6-7,14-15H,4-5,8-13H2,1H3. The molecule has 0 radical (unpaired) electrons. The minimum atomic E-state index is 0.372. The lowest BCUT2D eigenvalue weighted by Crippen LogP contribution is -2.37. The van der Waals surface area contributed by atoms with Crippen LogP contribution in [0.2, 0.25) is 0 Å². The second kappa shape index (κ2) is 7.44. The first kappa shape index (κ1) is 16.4. The van der Waals surface area contributed by atoms with Crippen molar-refractivity contribution in [3.05, 3.63) is 36.0 Å². The van der Waals surface area contributed by atoms with E-state index in [0.29, 0.717) is 18.4 Å². The molecule has 0 N–H and O–H groups in total. The molecular weight excluding hydrogens is 318 g/mol. The minimum absolute atomic E-state index is 0.372. The van der Waals surface area contributed by atoms with E-state index in [2.05, 4.69) is 15.0 Å². The van der Waals surface area contributed by atoms with Crippen LogP contribution in [-0.2, 0) is 0 Å². The molecule has 1 aromatic heterocycles. The summed E-state index contributed by atoms with van der Waals surface area (Å²) in [5, 5.41) is 4.23. The van der Waals surface area contributed by atoms with Crippen LogP contribution in [0.5, 0.6) is 11.5 Å². The second-order valence-electron chi connectivity index (χ2n) is 6.90. The first-order valence-corrected chi connectivity index (χ1v) is 9.15. The summed E-state index contributed by atoms with van der Waals surface area (Å²) in [6, 6.07) is 7.76. The average Bonchev–Trinajstić information content (AvgIpc) is 3.39. The summed E-state index contributed by atoms with van der Waals surface area (Å²) in [4.78, 5) is 7.06. The van der Waals surface area contributed by atoms with Crippen molar-refractivity contribution in [1.82, 2.24) is 15.0 Å². The number of methoxy groups -OCH3 is 1. The number of likely N-dealkylation sites (tertiary alicyclic amines) is 1. The first-order valence-electron chi connectivity index (χ1n) is 9.15. The molecule has 0 bridgehead atoms. The van der Waals surface area contributed by atoms with Crippen molar-refractivity contribution in [3.63, 3.8) is 0 Å². The van der Waals surface area contributed by atoms with E-state index in [1.807, 2.05) is 24.3 Å². The Labute approximate surface area is 148 Å². The highest BCUT2D eigenvalue weighted by Crippen LogP contribution is 2.39. The summed E-state index contributed by atoms with van der Waals surface area (Å²) in [6.45, 7) is 3.60. The zero-order valence-electron chi connectivity index (χ0n) is 14.7. The van der Waals surface area contributed by atoms with Gasteiger partial charge in [0.1, 0.15) is 6.61 Å². The van der Waals surface area contributed by atoms with Crippen LogP contribution >= 0.6 is 0 Å². The monoisotopic (exact) mass is 343 g/mol. The molecule has 0 spiro atoms. The van der Waals surface area contributed by atoms with Gasteiger partial charge in [0.2, 0.25) is 5.89 Å². The number of hydrogen-bond acceptors (Lipinski definition) is 6. The molecule has 1 saturated heterocycles. The molecular formula is C19H25N3O3. The quantitative estimate of drug-likeness (QED) is 0.769. The maximum atomic E-state index is 5.90. The van der Waals surface area contributed by atoms with Gasteiger partial charge in [0.15, 0.2) is 17.3 Å². The number of piperidine rings is 1. The van der Waals surface area contributed by atoms with Crippen LogP contribution in [0.15, 0.2) is 28.8 Å². The molecule has 1 aliphatic heterocycles. The van der Waals surface area contributed by atoms with Crippen LogP contribution in [0.4, 0.5) is 0 Å². The fourth-order valence-corrected chi connectivity index (χ4v) is 3.40. The van der Waals surface area contributed by atoms with Crippen LogP contribution in [0, 0.1) is 0 Å². The van der Waals surface area contributed by atoms with Crippen molar-refractivity contribution in [3.8, 4) is 11.5 Å². The molecule has 134 valence electrons. The molecule has 2 fully saturated rings. The lowest BCUT2D eigenvalue weighted by molar-refractivity contribution is 0.165. The summed E-state index contributed by atoms with van der Waals surface area (Å²) >= 11 is 0. The normalized spacial score (nSPS) is 21.2. The summed E-state index contributed by atoms with van der Waals surface area (Å²) < 4.78 is 16.6. The largest absolute Gasteiger partial charge is 0.493 e. The summed E-state index contributed by atoms with van der Waals surface area (Å²) in [6.07, 6.45) is 4.68. The zero-order valence-corrected chi connectivity index (χ0v) is 14.7. The Kier molecular flexibility index (Phi) is 4.88. The van der Waals surface area contributed by atoms with E-state index in [0.717, 1.165) is 55.7 Å². The Hall–Kier alpha value is -2.08. The minimum Gasteiger partial charge on any atom is -0.493 e. The third-order valence-corrected chi connectivity index (χ3v) is 4.99. The van der Waals surface area contributed by atoms with E-state index in [1.165, 1.54) is 12.8 Å². The number of hydrogen-bond donors (Lipinski definition) is 0. The third-order valence-electron chi connectivity index (χ3n) is 4.99. The number of ether oxygens (including phenoxy) is 2. The Morgan fingerprint density at radius 3 is 2.80 bits per heavy atom. The van der Waals surface area contributed by atoms with Crippen molar-refractivity contribution in [2.75, 3.05) is 33.4 Å². The SMILES string of the molecule is COc1ccccc1OCCN1CCCC(c2noc(C3CC3)n2)C1. The second-order valence-corrected chi connectivity index (χ2v) is 6.90. The van der Waals surface area contributed by atoms with Gasteiger partial charge < -0.3 is 14.0 Å².